The number of carbonyl (C=O) groups is 2. The molecule has 0 spiro atoms. The van der Waals surface area contributed by atoms with Gasteiger partial charge in [0.05, 0.1) is 11.4 Å². The summed E-state index contributed by atoms with van der Waals surface area (Å²) >= 11 is 0. The molecule has 2 aromatic carbocycles. The lowest BCUT2D eigenvalue weighted by molar-refractivity contribution is 0.0288. The van der Waals surface area contributed by atoms with E-state index in [0.717, 1.165) is 11.1 Å². The van der Waals surface area contributed by atoms with Crippen molar-refractivity contribution in [2.24, 2.45) is 0 Å². The van der Waals surface area contributed by atoms with Gasteiger partial charge in [-0.25, -0.2) is 24.2 Å². The van der Waals surface area contributed by atoms with Crippen LogP contribution in [0.2, 0.25) is 0 Å². The minimum absolute atomic E-state index is 0.0886. The number of nitrogens with two attached hydrogens (primary N) is 1. The van der Waals surface area contributed by atoms with Crippen molar-refractivity contribution in [3.8, 4) is 11.3 Å². The number of aryl methyl sites for hydroxylation is 1. The maximum atomic E-state index is 12.6. The van der Waals surface area contributed by atoms with Crippen LogP contribution in [0.1, 0.15) is 38.8 Å². The number of aromatic nitrogens is 4. The SMILES string of the molecule is Cc1cccc(NC(=O)Nc2ccc(-c3nn([C@@H]4CCN(C(=O)OC(C)(C)C)C4)c4ncnc(N)c34)cc2)c1. The minimum Gasteiger partial charge on any atom is -0.444 e. The lowest BCUT2D eigenvalue weighted by Crippen LogP contribution is -2.35. The molecule has 0 saturated carbocycles. The molecule has 1 atom stereocenters. The second-order valence-corrected chi connectivity index (χ2v) is 10.6. The van der Waals surface area contributed by atoms with Gasteiger partial charge < -0.3 is 26.0 Å². The highest BCUT2D eigenvalue weighted by molar-refractivity contribution is 6.01. The van der Waals surface area contributed by atoms with Crippen molar-refractivity contribution in [2.45, 2.75) is 45.8 Å². The van der Waals surface area contributed by atoms with E-state index in [-0.39, 0.29) is 18.2 Å². The summed E-state index contributed by atoms with van der Waals surface area (Å²) in [7, 11) is 0. The highest BCUT2D eigenvalue weighted by Crippen LogP contribution is 2.34. The van der Waals surface area contributed by atoms with E-state index in [9.17, 15) is 9.59 Å². The standard InChI is InChI=1S/C28H32N8O3/c1-17-6-5-7-20(14-17)33-26(37)32-19-10-8-18(9-11-19)23-22-24(29)30-16-31-25(22)36(34-23)21-12-13-35(15-21)27(38)39-28(2,3)4/h5-11,14,16,21H,12-13,15H2,1-4H3,(H2,29,30,31)(H2,32,33,37)/t21-/m1/s1. The first-order valence-electron chi connectivity index (χ1n) is 12.8. The fourth-order valence-electron chi connectivity index (χ4n) is 4.61. The monoisotopic (exact) mass is 528 g/mol. The molecule has 11 heteroatoms. The van der Waals surface area contributed by atoms with Crippen molar-refractivity contribution in [1.29, 1.82) is 0 Å². The molecule has 11 nitrogen and oxygen atoms in total. The second-order valence-electron chi connectivity index (χ2n) is 10.6. The minimum atomic E-state index is -0.565. The molecular formula is C28H32N8O3. The summed E-state index contributed by atoms with van der Waals surface area (Å²) in [6.07, 6.45) is 1.78. The molecule has 0 aliphatic carbocycles. The summed E-state index contributed by atoms with van der Waals surface area (Å²) in [5.41, 5.74) is 10.1. The predicted octanol–water partition coefficient (Wildman–Crippen LogP) is 5.21. The van der Waals surface area contributed by atoms with Crippen LogP contribution in [0.15, 0.2) is 54.9 Å². The van der Waals surface area contributed by atoms with Crippen molar-refractivity contribution in [2.75, 3.05) is 29.5 Å². The van der Waals surface area contributed by atoms with Crippen molar-refractivity contribution < 1.29 is 14.3 Å². The van der Waals surface area contributed by atoms with Gasteiger partial charge in [0, 0.05) is 30.0 Å². The largest absolute Gasteiger partial charge is 0.444 e. The number of fused-ring (bicyclic) bond motifs is 1. The van der Waals surface area contributed by atoms with E-state index in [1.54, 1.807) is 17.0 Å². The number of nitrogens with one attached hydrogen (secondary N) is 2. The number of ether oxygens (including phenoxy) is 1. The Bertz CT molecular complexity index is 1520. The van der Waals surface area contributed by atoms with Gasteiger partial charge in [0.15, 0.2) is 5.65 Å². The highest BCUT2D eigenvalue weighted by Gasteiger charge is 2.33. The van der Waals surface area contributed by atoms with Crippen LogP contribution < -0.4 is 16.4 Å². The molecule has 1 fully saturated rings. The normalized spacial score (nSPS) is 15.4. The third-order valence-corrected chi connectivity index (χ3v) is 6.37. The third kappa shape index (κ3) is 5.77. The fraction of sp³-hybridized carbons (Fsp3) is 0.321. The van der Waals surface area contributed by atoms with Crippen LogP contribution in [0.4, 0.5) is 26.8 Å². The van der Waals surface area contributed by atoms with Gasteiger partial charge in [-0.1, -0.05) is 24.3 Å². The summed E-state index contributed by atoms with van der Waals surface area (Å²) in [6.45, 7) is 8.53. The Morgan fingerprint density at radius 2 is 1.79 bits per heavy atom. The number of rotatable bonds is 4. The summed E-state index contributed by atoms with van der Waals surface area (Å²) < 4.78 is 7.37. The van der Waals surface area contributed by atoms with Crippen LogP contribution in [0.5, 0.6) is 0 Å². The zero-order chi connectivity index (χ0) is 27.7. The first-order valence-corrected chi connectivity index (χ1v) is 12.8. The number of likely N-dealkylation sites (tertiary alicyclic amines) is 1. The molecule has 1 saturated heterocycles. The molecule has 2 aromatic heterocycles. The van der Waals surface area contributed by atoms with Gasteiger partial charge in [0.2, 0.25) is 0 Å². The van der Waals surface area contributed by atoms with Crippen LogP contribution in [-0.2, 0) is 4.74 Å². The Labute approximate surface area is 226 Å². The number of carbonyl (C=O) groups excluding carboxylic acids is 2. The molecule has 202 valence electrons. The summed E-state index contributed by atoms with van der Waals surface area (Å²) in [5, 5.41) is 11.2. The molecule has 4 N–H and O–H groups in total. The number of urea groups is 1. The molecule has 0 unspecified atom stereocenters. The smallest absolute Gasteiger partial charge is 0.410 e. The Morgan fingerprint density at radius 1 is 1.05 bits per heavy atom. The maximum Gasteiger partial charge on any atom is 0.410 e. The van der Waals surface area contributed by atoms with Gasteiger partial charge in [0.25, 0.3) is 0 Å². The summed E-state index contributed by atoms with van der Waals surface area (Å²) in [6, 6.07) is 14.5. The van der Waals surface area contributed by atoms with Gasteiger partial charge >= 0.3 is 12.1 Å². The zero-order valence-electron chi connectivity index (χ0n) is 22.4. The summed E-state index contributed by atoms with van der Waals surface area (Å²) in [5.74, 6) is 0.322. The summed E-state index contributed by atoms with van der Waals surface area (Å²) in [4.78, 5) is 35.4. The average Bonchev–Trinajstić information content (AvgIpc) is 3.50. The van der Waals surface area contributed by atoms with E-state index in [4.69, 9.17) is 15.6 Å². The lowest BCUT2D eigenvalue weighted by atomic mass is 10.1. The van der Waals surface area contributed by atoms with Crippen molar-refractivity contribution in [3.63, 3.8) is 0 Å². The van der Waals surface area contributed by atoms with Crippen molar-refractivity contribution >= 4 is 40.4 Å². The number of anilines is 3. The molecule has 3 amide bonds. The second kappa shape index (κ2) is 10.2. The van der Waals surface area contributed by atoms with Gasteiger partial charge in [-0.05, 0) is 63.9 Å². The van der Waals surface area contributed by atoms with E-state index >= 15 is 0 Å². The lowest BCUT2D eigenvalue weighted by Gasteiger charge is -2.24. The van der Waals surface area contributed by atoms with Crippen LogP contribution >= 0.6 is 0 Å². The average molecular weight is 529 g/mol. The van der Waals surface area contributed by atoms with E-state index in [0.29, 0.717) is 53.4 Å². The quantitative estimate of drug-likeness (QED) is 0.330. The van der Waals surface area contributed by atoms with Gasteiger partial charge in [-0.15, -0.1) is 0 Å². The highest BCUT2D eigenvalue weighted by atomic mass is 16.6. The first kappa shape index (κ1) is 26.0. The van der Waals surface area contributed by atoms with Crippen molar-refractivity contribution in [3.05, 3.63) is 60.4 Å². The van der Waals surface area contributed by atoms with Gasteiger partial charge in [-0.2, -0.15) is 5.10 Å². The molecule has 3 heterocycles. The van der Waals surface area contributed by atoms with Gasteiger partial charge in [-0.3, -0.25) is 0 Å². The van der Waals surface area contributed by atoms with E-state index in [1.807, 2.05) is 68.8 Å². The molecule has 1 aliphatic heterocycles. The van der Waals surface area contributed by atoms with Crippen LogP contribution in [-0.4, -0.2) is 55.5 Å². The number of hydrogen-bond donors (Lipinski definition) is 3. The van der Waals surface area contributed by atoms with E-state index in [2.05, 4.69) is 20.6 Å². The number of nitrogens with zero attached hydrogens (tertiary/aromatic N) is 5. The molecule has 5 rings (SSSR count). The molecule has 1 aliphatic rings. The Kier molecular flexibility index (Phi) is 6.81. The first-order chi connectivity index (χ1) is 18.6. The van der Waals surface area contributed by atoms with Gasteiger partial charge in [0.1, 0.15) is 23.4 Å². The molecule has 0 radical (unpaired) electrons. The van der Waals surface area contributed by atoms with Crippen LogP contribution in [0.3, 0.4) is 0 Å². The predicted molar refractivity (Wildman–Crippen MR) is 150 cm³/mol. The molecule has 39 heavy (non-hydrogen) atoms. The molecule has 4 aromatic rings. The Balaban J connectivity index is 1.36. The topological polar surface area (TPSA) is 140 Å². The number of hydrogen-bond acceptors (Lipinski definition) is 7. The Hall–Kier alpha value is -4.67. The number of amides is 3. The van der Waals surface area contributed by atoms with E-state index < -0.39 is 5.60 Å². The van der Waals surface area contributed by atoms with Crippen molar-refractivity contribution in [1.82, 2.24) is 24.6 Å². The zero-order valence-corrected chi connectivity index (χ0v) is 22.4. The van der Waals surface area contributed by atoms with Crippen LogP contribution in [0, 0.1) is 6.92 Å². The number of benzene rings is 2. The fourth-order valence-corrected chi connectivity index (χ4v) is 4.61. The maximum absolute atomic E-state index is 12.6. The van der Waals surface area contributed by atoms with Crippen LogP contribution in [0.25, 0.3) is 22.3 Å². The molecule has 0 bridgehead atoms. The van der Waals surface area contributed by atoms with E-state index in [1.165, 1.54) is 6.33 Å². The number of nitrogen functional groups attached to an aromatic ring is 1. The third-order valence-electron chi connectivity index (χ3n) is 6.37. The Morgan fingerprint density at radius 3 is 2.51 bits per heavy atom. The molecular weight excluding hydrogens is 496 g/mol.